The third-order valence-electron chi connectivity index (χ3n) is 5.92. The highest BCUT2D eigenvalue weighted by Crippen LogP contribution is 2.24. The summed E-state index contributed by atoms with van der Waals surface area (Å²) in [4.78, 5) is 27.0. The summed E-state index contributed by atoms with van der Waals surface area (Å²) in [5, 5.41) is 21.3. The molecule has 0 amide bonds. The third kappa shape index (κ3) is 8.18. The monoisotopic (exact) mass is 585 g/mol. The van der Waals surface area contributed by atoms with Gasteiger partial charge in [0.15, 0.2) is 0 Å². The quantitative estimate of drug-likeness (QED) is 0.339. The molecule has 1 aromatic carbocycles. The van der Waals surface area contributed by atoms with Crippen molar-refractivity contribution >= 4 is 33.5 Å². The van der Waals surface area contributed by atoms with Crippen molar-refractivity contribution in [3.8, 4) is 0 Å². The van der Waals surface area contributed by atoms with Crippen LogP contribution < -0.4 is 9.62 Å². The maximum Gasteiger partial charge on any atom is 0.490 e. The van der Waals surface area contributed by atoms with Gasteiger partial charge in [-0.1, -0.05) is 18.2 Å². The van der Waals surface area contributed by atoms with Gasteiger partial charge in [0.1, 0.15) is 11.4 Å². The molecule has 0 bridgehead atoms. The maximum atomic E-state index is 12.8. The lowest BCUT2D eigenvalue weighted by Gasteiger charge is -2.21. The number of carbonyl (C=O) groups is 2. The van der Waals surface area contributed by atoms with Gasteiger partial charge in [0, 0.05) is 26.3 Å². The van der Waals surface area contributed by atoms with Gasteiger partial charge in [-0.05, 0) is 56.9 Å². The number of nitrogens with one attached hydrogen (secondary N) is 1. The second kappa shape index (κ2) is 12.8. The number of aryl methyl sites for hydroxylation is 3. The Kier molecular flexibility index (Phi) is 10.3. The minimum Gasteiger partial charge on any atom is -0.478 e. The predicted molar refractivity (Wildman–Crippen MR) is 141 cm³/mol. The van der Waals surface area contributed by atoms with Crippen molar-refractivity contribution in [2.24, 2.45) is 7.05 Å². The Labute approximate surface area is 229 Å². The van der Waals surface area contributed by atoms with E-state index in [0.29, 0.717) is 12.1 Å². The molecule has 11 nitrogen and oxygen atoms in total. The number of hydrogen-bond donors (Lipinski definition) is 3. The largest absolute Gasteiger partial charge is 0.490 e. The van der Waals surface area contributed by atoms with Crippen molar-refractivity contribution in [2.45, 2.75) is 44.7 Å². The first-order valence-corrected chi connectivity index (χ1v) is 13.3. The Balaban J connectivity index is 0.000000708. The average molecular weight is 586 g/mol. The van der Waals surface area contributed by atoms with E-state index in [0.717, 1.165) is 24.2 Å². The van der Waals surface area contributed by atoms with Crippen LogP contribution >= 0.6 is 0 Å². The highest BCUT2D eigenvalue weighted by Gasteiger charge is 2.38. The minimum atomic E-state index is -5.08. The summed E-state index contributed by atoms with van der Waals surface area (Å²) in [5.74, 6) is -3.66. The summed E-state index contributed by atoms with van der Waals surface area (Å²) >= 11 is 0. The molecule has 0 atom stereocenters. The van der Waals surface area contributed by atoms with Gasteiger partial charge in [-0.15, -0.1) is 0 Å². The van der Waals surface area contributed by atoms with Gasteiger partial charge in [-0.2, -0.15) is 18.3 Å². The first-order valence-electron chi connectivity index (χ1n) is 11.8. The first-order chi connectivity index (χ1) is 18.5. The summed E-state index contributed by atoms with van der Waals surface area (Å²) in [7, 11) is -0.190. The number of sulfonamides is 1. The fourth-order valence-electron chi connectivity index (χ4n) is 3.82. The molecule has 0 spiro atoms. The Morgan fingerprint density at radius 2 is 1.73 bits per heavy atom. The van der Waals surface area contributed by atoms with Crippen LogP contribution in [0, 0.1) is 20.8 Å². The van der Waals surface area contributed by atoms with Gasteiger partial charge in [-0.3, -0.25) is 9.40 Å². The number of rotatable bonds is 9. The summed E-state index contributed by atoms with van der Waals surface area (Å²) in [6.07, 6.45) is -2.15. The first kappa shape index (κ1) is 32.1. The molecular weight excluding hydrogens is 555 g/mol. The number of carboxylic acids is 2. The molecule has 0 radical (unpaired) electrons. The van der Waals surface area contributed by atoms with Crippen LogP contribution in [0.5, 0.6) is 0 Å². The average Bonchev–Trinajstić information content (AvgIpc) is 3.09. The van der Waals surface area contributed by atoms with E-state index in [1.165, 1.54) is 23.9 Å². The molecule has 15 heteroatoms. The fraction of sp³-hybridized carbons (Fsp3) is 0.360. The van der Waals surface area contributed by atoms with E-state index in [9.17, 15) is 31.5 Å². The molecule has 0 aliphatic carbocycles. The summed E-state index contributed by atoms with van der Waals surface area (Å²) in [6, 6.07) is 7.88. The van der Waals surface area contributed by atoms with E-state index in [1.54, 1.807) is 37.1 Å². The Bertz CT molecular complexity index is 1490. The molecule has 3 rings (SSSR count). The number of aliphatic carboxylic acids is 1. The van der Waals surface area contributed by atoms with Crippen LogP contribution in [0.25, 0.3) is 0 Å². The van der Waals surface area contributed by atoms with E-state index < -0.39 is 28.1 Å². The number of carboxylic acid groups (broad SMARTS) is 2. The second-order valence-corrected chi connectivity index (χ2v) is 10.5. The smallest absolute Gasteiger partial charge is 0.478 e. The van der Waals surface area contributed by atoms with Crippen molar-refractivity contribution in [1.82, 2.24) is 14.8 Å². The molecular formula is C25H30F3N5O6S. The van der Waals surface area contributed by atoms with Crippen LogP contribution in [0.3, 0.4) is 0 Å². The van der Waals surface area contributed by atoms with Crippen LogP contribution in [-0.4, -0.2) is 65.1 Å². The van der Waals surface area contributed by atoms with Gasteiger partial charge < -0.3 is 15.1 Å². The Morgan fingerprint density at radius 3 is 2.23 bits per heavy atom. The number of alkyl halides is 3. The second-order valence-electron chi connectivity index (χ2n) is 8.87. The number of hydrogen-bond acceptors (Lipinski definition) is 7. The van der Waals surface area contributed by atoms with Gasteiger partial charge >= 0.3 is 18.1 Å². The number of aromatic carboxylic acids is 1. The lowest BCUT2D eigenvalue weighted by atomic mass is 10.1. The topological polar surface area (TPSA) is 155 Å². The number of anilines is 2. The Morgan fingerprint density at radius 1 is 1.12 bits per heavy atom. The van der Waals surface area contributed by atoms with E-state index in [-0.39, 0.29) is 22.0 Å². The number of benzene rings is 1. The zero-order chi connectivity index (χ0) is 30.4. The lowest BCUT2D eigenvalue weighted by molar-refractivity contribution is -0.192. The summed E-state index contributed by atoms with van der Waals surface area (Å²) < 4.78 is 61.5. The van der Waals surface area contributed by atoms with Crippen LogP contribution in [0.15, 0.2) is 41.4 Å². The van der Waals surface area contributed by atoms with Crippen LogP contribution in [0.4, 0.5) is 24.7 Å². The molecule has 3 aromatic rings. The highest BCUT2D eigenvalue weighted by molar-refractivity contribution is 7.92. The SMILES string of the molecule is Cc1ccccc1S(=O)(=O)Nc1cnc(N(C)CCCc2c(C)nn(C)c2C)c(C(=O)O)c1.O=C(O)C(F)(F)F. The van der Waals surface area contributed by atoms with Crippen molar-refractivity contribution in [3.63, 3.8) is 0 Å². The van der Waals surface area contributed by atoms with Gasteiger partial charge in [0.2, 0.25) is 0 Å². The highest BCUT2D eigenvalue weighted by atomic mass is 32.2. The normalized spacial score (nSPS) is 11.4. The van der Waals surface area contributed by atoms with Gasteiger partial charge in [0.25, 0.3) is 10.0 Å². The molecule has 0 saturated heterocycles. The zero-order valence-electron chi connectivity index (χ0n) is 22.4. The predicted octanol–water partition coefficient (Wildman–Crippen LogP) is 3.94. The molecule has 0 saturated carbocycles. The van der Waals surface area contributed by atoms with E-state index in [2.05, 4.69) is 14.8 Å². The lowest BCUT2D eigenvalue weighted by Crippen LogP contribution is -2.23. The van der Waals surface area contributed by atoms with Gasteiger partial charge in [-0.25, -0.2) is 23.0 Å². The maximum absolute atomic E-state index is 12.8. The van der Waals surface area contributed by atoms with Crippen LogP contribution in [-0.2, 0) is 28.3 Å². The standard InChI is InChI=1S/C23H29N5O4S.C2HF3O2/c1-15-9-6-7-11-21(15)33(31,32)26-18-13-20(23(29)30)22(24-14-18)27(4)12-8-10-19-16(2)25-28(5)17(19)3;3-2(4,5)1(6)7/h6-7,9,11,13-14,26H,8,10,12H2,1-5H3,(H,29,30);(H,6,7). The minimum absolute atomic E-state index is 0.0729. The molecule has 0 fully saturated rings. The molecule has 40 heavy (non-hydrogen) atoms. The molecule has 218 valence electrons. The van der Waals surface area contributed by atoms with Crippen molar-refractivity contribution < 1.29 is 41.4 Å². The van der Waals surface area contributed by atoms with Crippen molar-refractivity contribution in [2.75, 3.05) is 23.2 Å². The Hall–Kier alpha value is -4.14. The molecule has 0 aliphatic heterocycles. The van der Waals surface area contributed by atoms with Crippen molar-refractivity contribution in [1.29, 1.82) is 0 Å². The number of pyridine rings is 1. The molecule has 0 unspecified atom stereocenters. The zero-order valence-corrected chi connectivity index (χ0v) is 23.3. The molecule has 3 N–H and O–H groups in total. The molecule has 2 aromatic heterocycles. The number of halogens is 3. The third-order valence-corrected chi connectivity index (χ3v) is 7.46. The van der Waals surface area contributed by atoms with E-state index >= 15 is 0 Å². The van der Waals surface area contributed by atoms with Gasteiger partial charge in [0.05, 0.1) is 22.5 Å². The van der Waals surface area contributed by atoms with Crippen LogP contribution in [0.2, 0.25) is 0 Å². The number of aromatic nitrogens is 3. The summed E-state index contributed by atoms with van der Waals surface area (Å²) in [6.45, 7) is 6.28. The van der Waals surface area contributed by atoms with E-state index in [1.807, 2.05) is 25.6 Å². The fourth-order valence-corrected chi connectivity index (χ4v) is 5.10. The molecule has 2 heterocycles. The molecule has 0 aliphatic rings. The number of nitrogens with zero attached hydrogens (tertiary/aromatic N) is 4. The van der Waals surface area contributed by atoms with Crippen molar-refractivity contribution in [3.05, 3.63) is 64.6 Å². The summed E-state index contributed by atoms with van der Waals surface area (Å²) in [5.41, 5.74) is 3.91. The van der Waals surface area contributed by atoms with Crippen LogP contribution in [0.1, 0.15) is 39.3 Å². The van der Waals surface area contributed by atoms with E-state index in [4.69, 9.17) is 9.90 Å².